The van der Waals surface area contributed by atoms with Crippen molar-refractivity contribution in [1.82, 2.24) is 14.8 Å². The van der Waals surface area contributed by atoms with Crippen LogP contribution in [-0.4, -0.2) is 94.2 Å². The largest absolute Gasteiger partial charge is 0.490 e. The van der Waals surface area contributed by atoms with Crippen LogP contribution < -0.4 is 0 Å². The highest BCUT2D eigenvalue weighted by molar-refractivity contribution is 7.09. The number of carboxylic acid groups (broad SMARTS) is 2. The van der Waals surface area contributed by atoms with Gasteiger partial charge in [0.05, 0.1) is 13.2 Å². The number of carboxylic acids is 2. The average molecular weight is 552 g/mol. The molecule has 3 heterocycles. The average Bonchev–Trinajstić information content (AvgIpc) is 3.31. The van der Waals surface area contributed by atoms with Crippen LogP contribution in [0.2, 0.25) is 0 Å². The highest BCUT2D eigenvalue weighted by atomic mass is 32.1. The number of ether oxygens (including phenoxy) is 1. The molecule has 2 aliphatic rings. The number of rotatable bonds is 5. The number of hydrogen-bond acceptors (Lipinski definition) is 7. The number of carbonyl (C=O) groups is 2. The van der Waals surface area contributed by atoms with Gasteiger partial charge in [0, 0.05) is 42.4 Å². The van der Waals surface area contributed by atoms with Crippen molar-refractivity contribution in [2.75, 3.05) is 33.4 Å². The van der Waals surface area contributed by atoms with Crippen LogP contribution in [0.15, 0.2) is 5.38 Å². The molecule has 2 saturated heterocycles. The Labute approximate surface area is 208 Å². The maximum atomic E-state index is 10.6. The quantitative estimate of drug-likeness (QED) is 0.526. The number of aromatic nitrogens is 1. The molecule has 0 bridgehead atoms. The fourth-order valence-corrected chi connectivity index (χ4v) is 4.85. The molecule has 0 radical (unpaired) electrons. The summed E-state index contributed by atoms with van der Waals surface area (Å²) >= 11 is 1.80. The van der Waals surface area contributed by atoms with Crippen molar-refractivity contribution in [3.63, 3.8) is 0 Å². The molecule has 0 saturated carbocycles. The number of thiazole rings is 1. The van der Waals surface area contributed by atoms with Gasteiger partial charge in [-0.05, 0) is 46.6 Å². The standard InChI is InChI=1S/C17H29N3OS.2C2HF3O2/c1-4-21-12-15-5-6-17(19(15)3)7-9-20(10-8-17)11-16-18-14(2)13-22-16;2*3-2(4,5)1(6)7/h13,15H,4-12H2,1-3H3;2*(H,6,7). The third kappa shape index (κ3) is 10.2. The first-order valence-electron chi connectivity index (χ1n) is 11.1. The number of aryl methyl sites for hydroxylation is 1. The van der Waals surface area contributed by atoms with Gasteiger partial charge in [-0.2, -0.15) is 26.3 Å². The summed E-state index contributed by atoms with van der Waals surface area (Å²) in [5.74, 6) is -5.51. The van der Waals surface area contributed by atoms with Crippen molar-refractivity contribution in [3.8, 4) is 0 Å². The Kier molecular flexibility index (Phi) is 12.1. The minimum absolute atomic E-state index is 0.428. The zero-order valence-electron chi connectivity index (χ0n) is 20.2. The molecule has 2 fully saturated rings. The van der Waals surface area contributed by atoms with Crippen molar-refractivity contribution in [1.29, 1.82) is 0 Å². The van der Waals surface area contributed by atoms with Crippen molar-refractivity contribution in [2.24, 2.45) is 0 Å². The molecular weight excluding hydrogens is 520 g/mol. The maximum absolute atomic E-state index is 10.6. The summed E-state index contributed by atoms with van der Waals surface area (Å²) in [6.45, 7) is 9.32. The smallest absolute Gasteiger partial charge is 0.475 e. The summed E-state index contributed by atoms with van der Waals surface area (Å²) in [5.41, 5.74) is 1.58. The van der Waals surface area contributed by atoms with Crippen molar-refractivity contribution in [2.45, 2.75) is 70.0 Å². The summed E-state index contributed by atoms with van der Waals surface area (Å²) in [7, 11) is 2.32. The predicted molar refractivity (Wildman–Crippen MR) is 119 cm³/mol. The van der Waals surface area contributed by atoms with E-state index in [1.165, 1.54) is 43.8 Å². The summed E-state index contributed by atoms with van der Waals surface area (Å²) < 4.78 is 69.1. The molecular formula is C21H31F6N3O5S. The van der Waals surface area contributed by atoms with Gasteiger partial charge in [0.25, 0.3) is 0 Å². The van der Waals surface area contributed by atoms with Crippen LogP contribution in [-0.2, 0) is 20.9 Å². The molecule has 1 unspecified atom stereocenters. The van der Waals surface area contributed by atoms with Gasteiger partial charge < -0.3 is 14.9 Å². The minimum atomic E-state index is -5.08. The van der Waals surface area contributed by atoms with Crippen LogP contribution in [0.4, 0.5) is 26.3 Å². The highest BCUT2D eigenvalue weighted by Gasteiger charge is 2.45. The van der Waals surface area contributed by atoms with E-state index in [-0.39, 0.29) is 0 Å². The van der Waals surface area contributed by atoms with E-state index in [4.69, 9.17) is 24.5 Å². The molecule has 2 N–H and O–H groups in total. The number of hydrogen-bond donors (Lipinski definition) is 2. The van der Waals surface area contributed by atoms with E-state index in [2.05, 4.69) is 41.1 Å². The lowest BCUT2D eigenvalue weighted by Gasteiger charge is -2.45. The second kappa shape index (κ2) is 13.5. The number of halogens is 6. The van der Waals surface area contributed by atoms with Gasteiger partial charge in [0.15, 0.2) is 0 Å². The lowest BCUT2D eigenvalue weighted by atomic mass is 9.85. The van der Waals surface area contributed by atoms with Crippen molar-refractivity contribution in [3.05, 3.63) is 16.1 Å². The number of likely N-dealkylation sites (tertiary alicyclic amines) is 2. The molecule has 2 aliphatic heterocycles. The zero-order valence-corrected chi connectivity index (χ0v) is 21.0. The van der Waals surface area contributed by atoms with E-state index in [1.807, 2.05) is 0 Å². The molecule has 1 aromatic rings. The van der Waals surface area contributed by atoms with Gasteiger partial charge in [-0.1, -0.05) is 0 Å². The highest BCUT2D eigenvalue weighted by Crippen LogP contribution is 2.40. The van der Waals surface area contributed by atoms with Crippen LogP contribution >= 0.6 is 11.3 Å². The third-order valence-corrected chi connectivity index (χ3v) is 7.00. The van der Waals surface area contributed by atoms with Gasteiger partial charge in [0.1, 0.15) is 5.01 Å². The van der Waals surface area contributed by atoms with E-state index >= 15 is 0 Å². The molecule has 1 aromatic heterocycles. The number of likely N-dealkylation sites (N-methyl/N-ethyl adjacent to an activating group) is 1. The first kappa shape index (κ1) is 32.1. The second-order valence-electron chi connectivity index (χ2n) is 8.45. The van der Waals surface area contributed by atoms with E-state index in [9.17, 15) is 26.3 Å². The Bertz CT molecular complexity index is 817. The fourth-order valence-electron chi connectivity index (χ4n) is 4.04. The molecule has 208 valence electrons. The number of alkyl halides is 6. The molecule has 36 heavy (non-hydrogen) atoms. The van der Waals surface area contributed by atoms with Crippen LogP contribution in [0, 0.1) is 6.92 Å². The molecule has 1 atom stereocenters. The summed E-state index contributed by atoms with van der Waals surface area (Å²) in [6.07, 6.45) is -4.96. The molecule has 0 aromatic carbocycles. The third-order valence-electron chi connectivity index (χ3n) is 6.05. The van der Waals surface area contributed by atoms with E-state index in [0.29, 0.717) is 11.6 Å². The monoisotopic (exact) mass is 551 g/mol. The Morgan fingerprint density at radius 3 is 2.00 bits per heavy atom. The first-order valence-corrected chi connectivity index (χ1v) is 11.9. The lowest BCUT2D eigenvalue weighted by Crippen LogP contribution is -2.52. The molecule has 3 rings (SSSR count). The maximum Gasteiger partial charge on any atom is 0.490 e. The summed E-state index contributed by atoms with van der Waals surface area (Å²) in [6, 6.07) is 0.619. The molecule has 0 amide bonds. The Morgan fingerprint density at radius 2 is 1.61 bits per heavy atom. The van der Waals surface area contributed by atoms with Gasteiger partial charge in [0.2, 0.25) is 0 Å². The zero-order chi connectivity index (χ0) is 27.7. The van der Waals surface area contributed by atoms with E-state index in [0.717, 1.165) is 25.5 Å². The Hall–Kier alpha value is -1.97. The SMILES string of the molecule is CCOCC1CCC2(CCN(Cc3nc(C)cs3)CC2)N1C.O=C(O)C(F)(F)F.O=C(O)C(F)(F)F. The molecule has 15 heteroatoms. The number of nitrogens with zero attached hydrogens (tertiary/aromatic N) is 3. The summed E-state index contributed by atoms with van der Waals surface area (Å²) in [4.78, 5) is 27.6. The Balaban J connectivity index is 0.000000383. The second-order valence-corrected chi connectivity index (χ2v) is 9.39. The van der Waals surface area contributed by atoms with Crippen molar-refractivity contribution >= 4 is 23.3 Å². The van der Waals surface area contributed by atoms with Gasteiger partial charge in [-0.25, -0.2) is 14.6 Å². The van der Waals surface area contributed by atoms with E-state index < -0.39 is 24.3 Å². The fraction of sp³-hybridized carbons (Fsp3) is 0.762. The number of piperidine rings is 1. The van der Waals surface area contributed by atoms with Crippen LogP contribution in [0.25, 0.3) is 0 Å². The van der Waals surface area contributed by atoms with Gasteiger partial charge >= 0.3 is 24.3 Å². The first-order chi connectivity index (χ1) is 16.5. The van der Waals surface area contributed by atoms with E-state index in [1.54, 1.807) is 11.3 Å². The summed E-state index contributed by atoms with van der Waals surface area (Å²) in [5, 5.41) is 17.7. The Morgan fingerprint density at radius 1 is 1.11 bits per heavy atom. The molecule has 0 aliphatic carbocycles. The van der Waals surface area contributed by atoms with Gasteiger partial charge in [-0.15, -0.1) is 11.3 Å². The number of aliphatic carboxylic acids is 2. The normalized spacial score (nSPS) is 20.3. The molecule has 8 nitrogen and oxygen atoms in total. The van der Waals surface area contributed by atoms with Crippen LogP contribution in [0.5, 0.6) is 0 Å². The topological polar surface area (TPSA) is 103 Å². The predicted octanol–water partition coefficient (Wildman–Crippen LogP) is 4.18. The minimum Gasteiger partial charge on any atom is -0.475 e. The van der Waals surface area contributed by atoms with Crippen LogP contribution in [0.3, 0.4) is 0 Å². The lowest BCUT2D eigenvalue weighted by molar-refractivity contribution is -0.193. The van der Waals surface area contributed by atoms with Crippen molar-refractivity contribution < 1.29 is 50.9 Å². The van der Waals surface area contributed by atoms with Gasteiger partial charge in [-0.3, -0.25) is 9.80 Å². The molecule has 1 spiro atoms. The van der Waals surface area contributed by atoms with Crippen LogP contribution in [0.1, 0.15) is 43.3 Å².